The highest BCUT2D eigenvalue weighted by molar-refractivity contribution is 5.95. The Bertz CT molecular complexity index is 1170. The van der Waals surface area contributed by atoms with Gasteiger partial charge >= 0.3 is 5.97 Å². The minimum Gasteiger partial charge on any atom is -0.462 e. The van der Waals surface area contributed by atoms with Crippen LogP contribution >= 0.6 is 0 Å². The van der Waals surface area contributed by atoms with Crippen LogP contribution in [0.15, 0.2) is 77.4 Å². The normalized spacial score (nSPS) is 11.4. The van der Waals surface area contributed by atoms with Crippen LogP contribution in [0.1, 0.15) is 24.2 Å². The van der Waals surface area contributed by atoms with E-state index in [1.807, 2.05) is 72.6 Å². The molecular weight excluding hydrogens is 376 g/mol. The van der Waals surface area contributed by atoms with E-state index in [2.05, 4.69) is 13.8 Å². The third-order valence-corrected chi connectivity index (χ3v) is 5.19. The number of nitrogens with zero attached hydrogens (tertiary/aromatic N) is 2. The molecular formula is C25H24N2O3. The van der Waals surface area contributed by atoms with Gasteiger partial charge in [-0.1, -0.05) is 36.4 Å². The summed E-state index contributed by atoms with van der Waals surface area (Å²) >= 11 is 0. The molecule has 0 atom stereocenters. The number of ether oxygens (including phenoxy) is 1. The number of hydrogen-bond donors (Lipinski definition) is 0. The lowest BCUT2D eigenvalue weighted by atomic mass is 10.0. The number of hydrogen-bond acceptors (Lipinski definition) is 5. The molecule has 0 radical (unpaired) electrons. The third-order valence-electron chi connectivity index (χ3n) is 5.19. The van der Waals surface area contributed by atoms with E-state index in [-0.39, 0.29) is 12.7 Å². The molecule has 152 valence electrons. The first-order valence-electron chi connectivity index (χ1n) is 9.94. The first-order chi connectivity index (χ1) is 14.5. The molecule has 2 aromatic carbocycles. The molecule has 0 aliphatic heterocycles. The van der Waals surface area contributed by atoms with Gasteiger partial charge in [0.25, 0.3) is 0 Å². The Labute approximate surface area is 175 Å². The Morgan fingerprint density at radius 1 is 1.07 bits per heavy atom. The fourth-order valence-corrected chi connectivity index (χ4v) is 3.12. The molecule has 4 rings (SSSR count). The van der Waals surface area contributed by atoms with Crippen LogP contribution in [0, 0.1) is 0 Å². The molecule has 0 saturated carbocycles. The highest BCUT2D eigenvalue weighted by Crippen LogP contribution is 2.33. The molecule has 5 nitrogen and oxygen atoms in total. The van der Waals surface area contributed by atoms with Gasteiger partial charge in [0, 0.05) is 17.0 Å². The van der Waals surface area contributed by atoms with Crippen LogP contribution in [0.3, 0.4) is 0 Å². The molecule has 0 bridgehead atoms. The summed E-state index contributed by atoms with van der Waals surface area (Å²) in [7, 11) is 1.92. The van der Waals surface area contributed by atoms with Gasteiger partial charge in [0.2, 0.25) is 0 Å². The first-order valence-corrected chi connectivity index (χ1v) is 9.94. The highest BCUT2D eigenvalue weighted by atomic mass is 16.5. The zero-order valence-electron chi connectivity index (χ0n) is 17.3. The second-order valence-corrected chi connectivity index (χ2v) is 7.55. The average molecular weight is 400 g/mol. The van der Waals surface area contributed by atoms with E-state index in [9.17, 15) is 4.79 Å². The lowest BCUT2D eigenvalue weighted by molar-refractivity contribution is 0.0214. The second-order valence-electron chi connectivity index (χ2n) is 7.55. The minimum atomic E-state index is -0.342. The van der Waals surface area contributed by atoms with Gasteiger partial charge in [-0.3, -0.25) is 4.90 Å². The van der Waals surface area contributed by atoms with Gasteiger partial charge < -0.3 is 9.15 Å². The lowest BCUT2D eigenvalue weighted by Gasteiger charge is -2.20. The summed E-state index contributed by atoms with van der Waals surface area (Å²) in [6.45, 7) is 4.36. The van der Waals surface area contributed by atoms with Crippen molar-refractivity contribution in [2.45, 2.75) is 19.9 Å². The fraction of sp³-hybridized carbons (Fsp3) is 0.200. The molecule has 0 unspecified atom stereocenters. The molecule has 0 N–H and O–H groups in total. The van der Waals surface area contributed by atoms with Crippen molar-refractivity contribution < 1.29 is 13.9 Å². The number of fused-ring (bicyclic) bond motifs is 1. The molecule has 5 heteroatoms. The standard InChI is InChI=1S/C25H24N2O3/c1-17(2)27(3)16-30-25(28)20-10-11-22-19(15-20)9-12-23(26-22)24-21(13-14-29-24)18-7-5-4-6-8-18/h4-15,17H,16H2,1-3H3. The van der Waals surface area contributed by atoms with Crippen molar-refractivity contribution >= 4 is 16.9 Å². The summed E-state index contributed by atoms with van der Waals surface area (Å²) in [5.41, 5.74) is 4.13. The smallest absolute Gasteiger partial charge is 0.339 e. The number of furan rings is 1. The van der Waals surface area contributed by atoms with E-state index in [1.165, 1.54) is 0 Å². The number of carbonyl (C=O) groups is 1. The maximum atomic E-state index is 12.4. The van der Waals surface area contributed by atoms with E-state index in [1.54, 1.807) is 12.3 Å². The molecule has 4 aromatic rings. The van der Waals surface area contributed by atoms with Gasteiger partial charge in [0.1, 0.15) is 12.4 Å². The van der Waals surface area contributed by atoms with E-state index < -0.39 is 0 Å². The SMILES string of the molecule is CC(C)N(C)COC(=O)c1ccc2nc(-c3occc3-c3ccccc3)ccc2c1. The van der Waals surface area contributed by atoms with E-state index in [0.29, 0.717) is 11.6 Å². The number of benzene rings is 2. The molecule has 0 spiro atoms. The van der Waals surface area contributed by atoms with Crippen molar-refractivity contribution in [1.82, 2.24) is 9.88 Å². The van der Waals surface area contributed by atoms with Crippen LogP contribution in [0.5, 0.6) is 0 Å². The summed E-state index contributed by atoms with van der Waals surface area (Å²) in [4.78, 5) is 19.1. The van der Waals surface area contributed by atoms with Gasteiger partial charge in [0.15, 0.2) is 5.76 Å². The van der Waals surface area contributed by atoms with Gasteiger partial charge in [-0.25, -0.2) is 9.78 Å². The number of carbonyl (C=O) groups excluding carboxylic acids is 1. The van der Waals surface area contributed by atoms with Crippen molar-refractivity contribution in [1.29, 1.82) is 0 Å². The van der Waals surface area contributed by atoms with E-state index >= 15 is 0 Å². The zero-order valence-corrected chi connectivity index (χ0v) is 17.3. The van der Waals surface area contributed by atoms with Crippen molar-refractivity contribution in [2.75, 3.05) is 13.8 Å². The molecule has 30 heavy (non-hydrogen) atoms. The number of pyridine rings is 1. The number of aromatic nitrogens is 1. The monoisotopic (exact) mass is 400 g/mol. The molecule has 0 aliphatic rings. The Kier molecular flexibility index (Phi) is 5.63. The maximum Gasteiger partial charge on any atom is 0.339 e. The summed E-state index contributed by atoms with van der Waals surface area (Å²) in [6.07, 6.45) is 1.68. The van der Waals surface area contributed by atoms with Crippen LogP contribution in [0.4, 0.5) is 0 Å². The van der Waals surface area contributed by atoms with Crippen molar-refractivity contribution in [3.8, 4) is 22.6 Å². The Hall–Kier alpha value is -3.44. The van der Waals surface area contributed by atoms with Crippen LogP contribution in [-0.2, 0) is 4.74 Å². The Balaban J connectivity index is 1.59. The summed E-state index contributed by atoms with van der Waals surface area (Å²) in [5, 5.41) is 0.873. The summed E-state index contributed by atoms with van der Waals surface area (Å²) in [6, 6.07) is 21.6. The van der Waals surface area contributed by atoms with Gasteiger partial charge in [-0.15, -0.1) is 0 Å². The largest absolute Gasteiger partial charge is 0.462 e. The molecule has 0 aliphatic carbocycles. The highest BCUT2D eigenvalue weighted by Gasteiger charge is 2.14. The van der Waals surface area contributed by atoms with Crippen LogP contribution in [0.2, 0.25) is 0 Å². The molecule has 2 aromatic heterocycles. The predicted molar refractivity (Wildman–Crippen MR) is 118 cm³/mol. The zero-order chi connectivity index (χ0) is 21.1. The van der Waals surface area contributed by atoms with Crippen molar-refractivity contribution in [3.05, 3.63) is 78.6 Å². The lowest BCUT2D eigenvalue weighted by Crippen LogP contribution is -2.30. The predicted octanol–water partition coefficient (Wildman–Crippen LogP) is 5.62. The fourth-order valence-electron chi connectivity index (χ4n) is 3.12. The number of esters is 1. The second kappa shape index (κ2) is 8.51. The first kappa shape index (κ1) is 19.9. The minimum absolute atomic E-state index is 0.256. The molecule has 2 heterocycles. The van der Waals surface area contributed by atoms with Gasteiger partial charge in [0.05, 0.1) is 17.3 Å². The van der Waals surface area contributed by atoms with Crippen LogP contribution < -0.4 is 0 Å². The third kappa shape index (κ3) is 4.11. The van der Waals surface area contributed by atoms with Crippen molar-refractivity contribution in [2.24, 2.45) is 0 Å². The Morgan fingerprint density at radius 2 is 1.87 bits per heavy atom. The van der Waals surface area contributed by atoms with E-state index in [0.717, 1.165) is 33.5 Å². The molecule has 0 amide bonds. The topological polar surface area (TPSA) is 55.6 Å². The van der Waals surface area contributed by atoms with Gasteiger partial charge in [-0.05, 0) is 56.8 Å². The van der Waals surface area contributed by atoms with Crippen LogP contribution in [-0.4, -0.2) is 35.7 Å². The summed E-state index contributed by atoms with van der Waals surface area (Å²) < 4.78 is 11.1. The molecule has 0 saturated heterocycles. The molecule has 0 fully saturated rings. The van der Waals surface area contributed by atoms with Crippen LogP contribution in [0.25, 0.3) is 33.5 Å². The average Bonchev–Trinajstić information content (AvgIpc) is 3.27. The Morgan fingerprint density at radius 3 is 2.63 bits per heavy atom. The maximum absolute atomic E-state index is 12.4. The van der Waals surface area contributed by atoms with Gasteiger partial charge in [-0.2, -0.15) is 0 Å². The van der Waals surface area contributed by atoms with Crippen molar-refractivity contribution in [3.63, 3.8) is 0 Å². The quantitative estimate of drug-likeness (QED) is 0.311. The summed E-state index contributed by atoms with van der Waals surface area (Å²) in [5.74, 6) is 0.384. The van der Waals surface area contributed by atoms with E-state index in [4.69, 9.17) is 14.1 Å². The number of rotatable bonds is 6.